The number of piperazine rings is 1. The molecule has 0 saturated carbocycles. The highest BCUT2D eigenvalue weighted by Gasteiger charge is 2.32. The van der Waals surface area contributed by atoms with Gasteiger partial charge in [0.05, 0.1) is 17.8 Å². The number of rotatable bonds is 2. The fourth-order valence-corrected chi connectivity index (χ4v) is 3.48. The Morgan fingerprint density at radius 3 is 2.87 bits per heavy atom. The van der Waals surface area contributed by atoms with E-state index in [1.807, 2.05) is 35.8 Å². The Morgan fingerprint density at radius 2 is 2.13 bits per heavy atom. The smallest absolute Gasteiger partial charge is 0.255 e. The molecule has 3 rings (SSSR count). The molecule has 3 heterocycles. The number of carbonyl (C=O) groups excluding carboxylic acids is 2. The van der Waals surface area contributed by atoms with Crippen LogP contribution in [0, 0.1) is 13.8 Å². The first-order valence-corrected chi connectivity index (χ1v) is 8.30. The van der Waals surface area contributed by atoms with E-state index in [4.69, 9.17) is 0 Å². The number of amides is 2. The van der Waals surface area contributed by atoms with Crippen molar-refractivity contribution >= 4 is 11.8 Å². The molecule has 1 aromatic rings. The van der Waals surface area contributed by atoms with Gasteiger partial charge in [0.25, 0.3) is 5.91 Å². The van der Waals surface area contributed by atoms with Gasteiger partial charge in [0, 0.05) is 37.9 Å². The molecule has 2 amide bonds. The highest BCUT2D eigenvalue weighted by Crippen LogP contribution is 2.20. The summed E-state index contributed by atoms with van der Waals surface area (Å²) in [5.74, 6) is 0.172. The zero-order valence-corrected chi connectivity index (χ0v) is 13.8. The standard InChI is InChI=1S/C17H24N4O2/c1-12-5-6-15(13(2)19-12)17(23)20-8-3-4-14(11-20)21-9-7-18-10-16(21)22/h5-6,14,18H,3-4,7-11H2,1-2H3. The van der Waals surface area contributed by atoms with Gasteiger partial charge in [-0.25, -0.2) is 0 Å². The van der Waals surface area contributed by atoms with E-state index in [9.17, 15) is 9.59 Å². The van der Waals surface area contributed by atoms with Gasteiger partial charge in [-0.3, -0.25) is 14.6 Å². The predicted molar refractivity (Wildman–Crippen MR) is 87.2 cm³/mol. The van der Waals surface area contributed by atoms with Crippen molar-refractivity contribution in [2.45, 2.75) is 32.7 Å². The highest BCUT2D eigenvalue weighted by molar-refractivity contribution is 5.95. The van der Waals surface area contributed by atoms with Crippen molar-refractivity contribution in [3.63, 3.8) is 0 Å². The van der Waals surface area contributed by atoms with Gasteiger partial charge in [-0.15, -0.1) is 0 Å². The summed E-state index contributed by atoms with van der Waals surface area (Å²) in [6.07, 6.45) is 1.91. The molecular formula is C17H24N4O2. The normalized spacial score (nSPS) is 22.3. The van der Waals surface area contributed by atoms with Crippen molar-refractivity contribution in [1.29, 1.82) is 0 Å². The molecule has 0 radical (unpaired) electrons. The molecule has 2 fully saturated rings. The molecule has 0 aliphatic carbocycles. The summed E-state index contributed by atoms with van der Waals surface area (Å²) < 4.78 is 0. The lowest BCUT2D eigenvalue weighted by atomic mass is 10.0. The lowest BCUT2D eigenvalue weighted by Crippen LogP contribution is -2.57. The summed E-state index contributed by atoms with van der Waals surface area (Å²) in [5, 5.41) is 3.10. The highest BCUT2D eigenvalue weighted by atomic mass is 16.2. The molecule has 1 unspecified atom stereocenters. The summed E-state index contributed by atoms with van der Waals surface area (Å²) in [5.41, 5.74) is 2.36. The molecule has 1 aromatic heterocycles. The van der Waals surface area contributed by atoms with Crippen molar-refractivity contribution in [3.8, 4) is 0 Å². The largest absolute Gasteiger partial charge is 0.337 e. The van der Waals surface area contributed by atoms with Crippen LogP contribution >= 0.6 is 0 Å². The minimum absolute atomic E-state index is 0.0299. The monoisotopic (exact) mass is 316 g/mol. The van der Waals surface area contributed by atoms with Crippen LogP contribution < -0.4 is 5.32 Å². The molecule has 6 heteroatoms. The number of piperidine rings is 1. The van der Waals surface area contributed by atoms with Gasteiger partial charge < -0.3 is 15.1 Å². The molecule has 1 N–H and O–H groups in total. The summed E-state index contributed by atoms with van der Waals surface area (Å²) in [6, 6.07) is 3.88. The Kier molecular flexibility index (Phi) is 4.61. The van der Waals surface area contributed by atoms with E-state index in [-0.39, 0.29) is 17.9 Å². The second kappa shape index (κ2) is 6.66. The van der Waals surface area contributed by atoms with Crippen molar-refractivity contribution in [3.05, 3.63) is 29.1 Å². The molecule has 2 aliphatic heterocycles. The zero-order valence-electron chi connectivity index (χ0n) is 13.8. The Bertz CT molecular complexity index is 617. The van der Waals surface area contributed by atoms with Crippen molar-refractivity contribution in [2.24, 2.45) is 0 Å². The average molecular weight is 316 g/mol. The Labute approximate surface area is 136 Å². The number of hydrogen-bond acceptors (Lipinski definition) is 4. The predicted octanol–water partition coefficient (Wildman–Crippen LogP) is 0.735. The summed E-state index contributed by atoms with van der Waals surface area (Å²) in [4.78, 5) is 33.1. The summed E-state index contributed by atoms with van der Waals surface area (Å²) >= 11 is 0. The molecule has 2 aliphatic rings. The van der Waals surface area contributed by atoms with Gasteiger partial charge in [0.2, 0.25) is 5.91 Å². The van der Waals surface area contributed by atoms with Crippen LogP contribution in [-0.4, -0.2) is 65.4 Å². The van der Waals surface area contributed by atoms with Gasteiger partial charge in [0.15, 0.2) is 0 Å². The maximum absolute atomic E-state index is 12.8. The van der Waals surface area contributed by atoms with Crippen LogP contribution in [-0.2, 0) is 4.79 Å². The number of carbonyl (C=O) groups is 2. The fraction of sp³-hybridized carbons (Fsp3) is 0.588. The minimum Gasteiger partial charge on any atom is -0.337 e. The molecule has 0 aromatic carbocycles. The Morgan fingerprint density at radius 1 is 1.30 bits per heavy atom. The van der Waals surface area contributed by atoms with E-state index in [1.54, 1.807) is 0 Å². The van der Waals surface area contributed by atoms with Gasteiger partial charge >= 0.3 is 0 Å². The molecule has 0 bridgehead atoms. The van der Waals surface area contributed by atoms with Crippen LogP contribution in [0.5, 0.6) is 0 Å². The third kappa shape index (κ3) is 3.37. The maximum atomic E-state index is 12.8. The third-order valence-corrected chi connectivity index (χ3v) is 4.71. The maximum Gasteiger partial charge on any atom is 0.255 e. The van der Waals surface area contributed by atoms with Crippen LogP contribution in [0.2, 0.25) is 0 Å². The molecule has 2 saturated heterocycles. The first-order chi connectivity index (χ1) is 11.1. The van der Waals surface area contributed by atoms with E-state index in [1.165, 1.54) is 0 Å². The van der Waals surface area contributed by atoms with Gasteiger partial charge in [-0.1, -0.05) is 0 Å². The number of likely N-dealkylation sites (tertiary alicyclic amines) is 1. The van der Waals surface area contributed by atoms with E-state index in [2.05, 4.69) is 10.3 Å². The van der Waals surface area contributed by atoms with Crippen LogP contribution in [0.3, 0.4) is 0 Å². The minimum atomic E-state index is 0.0299. The summed E-state index contributed by atoms with van der Waals surface area (Å²) in [6.45, 7) is 7.15. The van der Waals surface area contributed by atoms with Crippen LogP contribution in [0.4, 0.5) is 0 Å². The average Bonchev–Trinajstić information content (AvgIpc) is 2.55. The lowest BCUT2D eigenvalue weighted by Gasteiger charge is -2.41. The fourth-order valence-electron chi connectivity index (χ4n) is 3.48. The number of nitrogens with one attached hydrogen (secondary N) is 1. The topological polar surface area (TPSA) is 65.5 Å². The van der Waals surface area contributed by atoms with E-state index >= 15 is 0 Å². The van der Waals surface area contributed by atoms with Crippen LogP contribution in [0.25, 0.3) is 0 Å². The van der Waals surface area contributed by atoms with E-state index < -0.39 is 0 Å². The molecule has 6 nitrogen and oxygen atoms in total. The number of aromatic nitrogens is 1. The summed E-state index contributed by atoms with van der Waals surface area (Å²) in [7, 11) is 0. The molecule has 23 heavy (non-hydrogen) atoms. The molecule has 0 spiro atoms. The third-order valence-electron chi connectivity index (χ3n) is 4.71. The lowest BCUT2D eigenvalue weighted by molar-refractivity contribution is -0.135. The van der Waals surface area contributed by atoms with Crippen molar-refractivity contribution in [1.82, 2.24) is 20.1 Å². The number of pyridine rings is 1. The Hall–Kier alpha value is -1.95. The quantitative estimate of drug-likeness (QED) is 0.874. The first kappa shape index (κ1) is 15.9. The van der Waals surface area contributed by atoms with E-state index in [0.29, 0.717) is 18.7 Å². The molecule has 124 valence electrons. The number of nitrogens with zero attached hydrogens (tertiary/aromatic N) is 3. The van der Waals surface area contributed by atoms with E-state index in [0.717, 1.165) is 43.9 Å². The van der Waals surface area contributed by atoms with Crippen LogP contribution in [0.15, 0.2) is 12.1 Å². The van der Waals surface area contributed by atoms with Crippen LogP contribution in [0.1, 0.15) is 34.6 Å². The van der Waals surface area contributed by atoms with Gasteiger partial charge in [0.1, 0.15) is 0 Å². The SMILES string of the molecule is Cc1ccc(C(=O)N2CCCC(N3CCNCC3=O)C2)c(C)n1. The molecule has 1 atom stereocenters. The molecular weight excluding hydrogens is 292 g/mol. The van der Waals surface area contributed by atoms with Gasteiger partial charge in [-0.05, 0) is 38.8 Å². The van der Waals surface area contributed by atoms with Crippen molar-refractivity contribution < 1.29 is 9.59 Å². The zero-order chi connectivity index (χ0) is 16.4. The first-order valence-electron chi connectivity index (χ1n) is 8.30. The number of hydrogen-bond donors (Lipinski definition) is 1. The van der Waals surface area contributed by atoms with Crippen molar-refractivity contribution in [2.75, 3.05) is 32.7 Å². The van der Waals surface area contributed by atoms with Gasteiger partial charge in [-0.2, -0.15) is 0 Å². The Balaban J connectivity index is 1.72. The second-order valence-corrected chi connectivity index (χ2v) is 6.40. The second-order valence-electron chi connectivity index (χ2n) is 6.40. The number of aryl methyl sites for hydroxylation is 2.